The molecule has 0 saturated heterocycles. The van der Waals surface area contributed by atoms with Crippen LogP contribution in [0.4, 0.5) is 5.95 Å². The quantitative estimate of drug-likeness (QED) is 0.939. The molecule has 16 heavy (non-hydrogen) atoms. The fourth-order valence-corrected chi connectivity index (χ4v) is 1.90. The highest BCUT2D eigenvalue weighted by molar-refractivity contribution is 9.10. The number of aromatic nitrogens is 2. The summed E-state index contributed by atoms with van der Waals surface area (Å²) in [5, 5.41) is 0. The molecule has 0 bridgehead atoms. The number of anilines is 1. The van der Waals surface area contributed by atoms with E-state index in [1.54, 1.807) is 0 Å². The van der Waals surface area contributed by atoms with Crippen molar-refractivity contribution in [3.05, 3.63) is 46.2 Å². The first-order chi connectivity index (χ1) is 7.69. The van der Waals surface area contributed by atoms with Crippen LogP contribution in [0.2, 0.25) is 0 Å². The number of hydrogen-bond acceptors (Lipinski definition) is 2. The zero-order valence-corrected chi connectivity index (χ0v) is 10.7. The van der Waals surface area contributed by atoms with Gasteiger partial charge in [0.1, 0.15) is 0 Å². The van der Waals surface area contributed by atoms with Crippen molar-refractivity contribution >= 4 is 21.9 Å². The molecule has 0 amide bonds. The van der Waals surface area contributed by atoms with E-state index < -0.39 is 0 Å². The largest absolute Gasteiger partial charge is 0.369 e. The second-order valence-corrected chi connectivity index (χ2v) is 4.60. The second-order valence-electron chi connectivity index (χ2n) is 3.68. The number of imidazole rings is 1. The summed E-state index contributed by atoms with van der Waals surface area (Å²) in [4.78, 5) is 4.33. The number of nitrogens with zero attached hydrogens (tertiary/aromatic N) is 2. The molecule has 0 atom stereocenters. The van der Waals surface area contributed by atoms with Gasteiger partial charge < -0.3 is 10.3 Å². The lowest BCUT2D eigenvalue weighted by molar-refractivity contribution is 0.773. The van der Waals surface area contributed by atoms with Crippen molar-refractivity contribution in [2.24, 2.45) is 0 Å². The van der Waals surface area contributed by atoms with Crippen LogP contribution in [0.5, 0.6) is 0 Å². The minimum Gasteiger partial charge on any atom is -0.369 e. The highest BCUT2D eigenvalue weighted by Gasteiger charge is 2.04. The maximum absolute atomic E-state index is 5.77. The molecule has 0 aliphatic heterocycles. The van der Waals surface area contributed by atoms with E-state index in [1.807, 2.05) is 22.9 Å². The van der Waals surface area contributed by atoms with E-state index in [-0.39, 0.29) is 0 Å². The molecule has 0 aliphatic rings. The van der Waals surface area contributed by atoms with Crippen LogP contribution in [0.3, 0.4) is 0 Å². The lowest BCUT2D eigenvalue weighted by Crippen LogP contribution is -1.98. The number of hydrogen-bond donors (Lipinski definition) is 1. The molecule has 2 rings (SSSR count). The number of rotatable bonds is 3. The van der Waals surface area contributed by atoms with Gasteiger partial charge in [-0.15, -0.1) is 0 Å². The van der Waals surface area contributed by atoms with Crippen molar-refractivity contribution in [3.8, 4) is 0 Å². The zero-order valence-electron chi connectivity index (χ0n) is 9.15. The molecule has 3 nitrogen and oxygen atoms in total. The Bertz CT molecular complexity index is 474. The van der Waals surface area contributed by atoms with E-state index in [2.05, 4.69) is 40.0 Å². The van der Waals surface area contributed by atoms with E-state index >= 15 is 0 Å². The van der Waals surface area contributed by atoms with Crippen molar-refractivity contribution in [1.29, 1.82) is 0 Å². The SMILES string of the molecule is CCn1cc(Cc2ccc(Br)cc2)nc1N. The smallest absolute Gasteiger partial charge is 0.200 e. The molecule has 2 N–H and O–H groups in total. The average molecular weight is 280 g/mol. The molecule has 1 aromatic heterocycles. The van der Waals surface area contributed by atoms with Crippen molar-refractivity contribution in [3.63, 3.8) is 0 Å². The van der Waals surface area contributed by atoms with Crippen LogP contribution >= 0.6 is 15.9 Å². The minimum absolute atomic E-state index is 0.592. The summed E-state index contributed by atoms with van der Waals surface area (Å²) >= 11 is 3.42. The number of halogens is 1. The Morgan fingerprint density at radius 1 is 1.31 bits per heavy atom. The van der Waals surface area contributed by atoms with Gasteiger partial charge in [0.25, 0.3) is 0 Å². The zero-order chi connectivity index (χ0) is 11.5. The first-order valence-corrected chi connectivity index (χ1v) is 6.04. The number of aryl methyl sites for hydroxylation is 1. The van der Waals surface area contributed by atoms with E-state index in [0.717, 1.165) is 23.1 Å². The summed E-state index contributed by atoms with van der Waals surface area (Å²) in [5.74, 6) is 0.592. The maximum atomic E-state index is 5.77. The normalized spacial score (nSPS) is 10.6. The predicted molar refractivity (Wildman–Crippen MR) is 69.3 cm³/mol. The molecule has 0 aliphatic carbocycles. The van der Waals surface area contributed by atoms with Gasteiger partial charge in [-0.2, -0.15) is 0 Å². The van der Waals surface area contributed by atoms with Gasteiger partial charge in [0, 0.05) is 23.6 Å². The second kappa shape index (κ2) is 4.70. The Balaban J connectivity index is 2.17. The molecular formula is C12H14BrN3. The van der Waals surface area contributed by atoms with Crippen LogP contribution < -0.4 is 5.73 Å². The van der Waals surface area contributed by atoms with Crippen LogP contribution in [-0.4, -0.2) is 9.55 Å². The molecular weight excluding hydrogens is 266 g/mol. The Morgan fingerprint density at radius 3 is 2.56 bits per heavy atom. The summed E-state index contributed by atoms with van der Waals surface area (Å²) in [6, 6.07) is 8.25. The summed E-state index contributed by atoms with van der Waals surface area (Å²) in [7, 11) is 0. The van der Waals surface area contributed by atoms with Gasteiger partial charge in [0.2, 0.25) is 0 Å². The highest BCUT2D eigenvalue weighted by atomic mass is 79.9. The third kappa shape index (κ3) is 2.44. The summed E-state index contributed by atoms with van der Waals surface area (Å²) in [6.07, 6.45) is 2.84. The first-order valence-electron chi connectivity index (χ1n) is 5.25. The Hall–Kier alpha value is -1.29. The van der Waals surface area contributed by atoms with Crippen molar-refractivity contribution in [1.82, 2.24) is 9.55 Å². The molecule has 84 valence electrons. The summed E-state index contributed by atoms with van der Waals surface area (Å²) < 4.78 is 3.05. The number of nitrogens with two attached hydrogens (primary N) is 1. The predicted octanol–water partition coefficient (Wildman–Crippen LogP) is 2.84. The van der Waals surface area contributed by atoms with Gasteiger partial charge in [-0.1, -0.05) is 28.1 Å². The van der Waals surface area contributed by atoms with Crippen molar-refractivity contribution < 1.29 is 0 Å². The monoisotopic (exact) mass is 279 g/mol. The van der Waals surface area contributed by atoms with E-state index in [9.17, 15) is 0 Å². The third-order valence-corrected chi connectivity index (χ3v) is 3.03. The van der Waals surface area contributed by atoms with Crippen LogP contribution in [0.25, 0.3) is 0 Å². The molecule has 0 unspecified atom stereocenters. The van der Waals surface area contributed by atoms with Crippen molar-refractivity contribution in [2.45, 2.75) is 19.9 Å². The van der Waals surface area contributed by atoms with Crippen LogP contribution in [-0.2, 0) is 13.0 Å². The fourth-order valence-electron chi connectivity index (χ4n) is 1.64. The van der Waals surface area contributed by atoms with E-state index in [4.69, 9.17) is 5.73 Å². The summed E-state index contributed by atoms with van der Waals surface area (Å²) in [5.41, 5.74) is 8.03. The number of benzene rings is 1. The van der Waals surface area contributed by atoms with Crippen LogP contribution in [0.15, 0.2) is 34.9 Å². The van der Waals surface area contributed by atoms with Gasteiger partial charge in [-0.05, 0) is 24.6 Å². The third-order valence-electron chi connectivity index (χ3n) is 2.50. The average Bonchev–Trinajstić information content (AvgIpc) is 2.62. The van der Waals surface area contributed by atoms with Gasteiger partial charge in [-0.3, -0.25) is 0 Å². The molecule has 4 heteroatoms. The van der Waals surface area contributed by atoms with Crippen LogP contribution in [0.1, 0.15) is 18.2 Å². The van der Waals surface area contributed by atoms with E-state index in [1.165, 1.54) is 5.56 Å². The Labute approximate surface area is 103 Å². The first kappa shape index (κ1) is 11.2. The van der Waals surface area contributed by atoms with Gasteiger partial charge in [0.15, 0.2) is 5.95 Å². The Kier molecular flexibility index (Phi) is 3.29. The highest BCUT2D eigenvalue weighted by Crippen LogP contribution is 2.14. The minimum atomic E-state index is 0.592. The van der Waals surface area contributed by atoms with Gasteiger partial charge in [-0.25, -0.2) is 4.98 Å². The van der Waals surface area contributed by atoms with Crippen molar-refractivity contribution in [2.75, 3.05) is 5.73 Å². The lowest BCUT2D eigenvalue weighted by Gasteiger charge is -1.98. The number of nitrogen functional groups attached to an aromatic ring is 1. The molecule has 2 aromatic rings. The van der Waals surface area contributed by atoms with E-state index in [0.29, 0.717) is 5.95 Å². The fraction of sp³-hybridized carbons (Fsp3) is 0.250. The topological polar surface area (TPSA) is 43.8 Å². The molecule has 1 aromatic carbocycles. The summed E-state index contributed by atoms with van der Waals surface area (Å²) in [6.45, 7) is 2.92. The van der Waals surface area contributed by atoms with Gasteiger partial charge >= 0.3 is 0 Å². The molecule has 0 fully saturated rings. The van der Waals surface area contributed by atoms with Gasteiger partial charge in [0.05, 0.1) is 5.69 Å². The molecule has 0 saturated carbocycles. The maximum Gasteiger partial charge on any atom is 0.200 e. The Morgan fingerprint density at radius 2 is 2.00 bits per heavy atom. The lowest BCUT2D eigenvalue weighted by atomic mass is 10.1. The molecule has 1 heterocycles. The van der Waals surface area contributed by atoms with Crippen LogP contribution in [0, 0.1) is 0 Å². The molecule has 0 radical (unpaired) electrons. The molecule has 0 spiro atoms. The standard InChI is InChI=1S/C12H14BrN3/c1-2-16-8-11(15-12(16)14)7-9-3-5-10(13)6-4-9/h3-6,8H,2,7H2,1H3,(H2,14,15).